The molecular formula is C29H27N3O. The maximum atomic E-state index is 6.30. The molecule has 4 nitrogen and oxygen atoms in total. The van der Waals surface area contributed by atoms with Crippen molar-refractivity contribution in [3.8, 4) is 11.3 Å². The average molecular weight is 434 g/mol. The third-order valence-electron chi connectivity index (χ3n) is 5.83. The van der Waals surface area contributed by atoms with Crippen molar-refractivity contribution in [2.24, 2.45) is 5.10 Å². The van der Waals surface area contributed by atoms with Gasteiger partial charge in [0.05, 0.1) is 10.9 Å². The number of hydrogen-bond acceptors (Lipinski definition) is 4. The third-order valence-corrected chi connectivity index (χ3v) is 5.83. The molecule has 0 aliphatic heterocycles. The van der Waals surface area contributed by atoms with E-state index in [0.717, 1.165) is 44.1 Å². The zero-order chi connectivity index (χ0) is 23.0. The van der Waals surface area contributed by atoms with Crippen molar-refractivity contribution >= 4 is 27.7 Å². The van der Waals surface area contributed by atoms with E-state index in [1.165, 1.54) is 5.56 Å². The summed E-state index contributed by atoms with van der Waals surface area (Å²) in [5.41, 5.74) is 8.43. The van der Waals surface area contributed by atoms with Crippen LogP contribution >= 0.6 is 0 Å². The first kappa shape index (κ1) is 21.0. The van der Waals surface area contributed by atoms with E-state index in [0.29, 0.717) is 5.82 Å². The maximum Gasteiger partial charge on any atom is 0.146 e. The topological polar surface area (TPSA) is 50.4 Å². The minimum absolute atomic E-state index is 0.105. The highest BCUT2D eigenvalue weighted by molar-refractivity contribution is 5.80. The van der Waals surface area contributed by atoms with Gasteiger partial charge in [-0.25, -0.2) is 4.98 Å². The molecule has 0 unspecified atom stereocenters. The molecule has 0 fully saturated rings. The Balaban J connectivity index is 1.59. The molecule has 164 valence electrons. The van der Waals surface area contributed by atoms with Crippen LogP contribution in [0.15, 0.2) is 94.4 Å². The van der Waals surface area contributed by atoms with Gasteiger partial charge in [0.15, 0.2) is 0 Å². The van der Waals surface area contributed by atoms with Crippen LogP contribution in [0.3, 0.4) is 0 Å². The number of anilines is 1. The molecule has 4 heteroatoms. The van der Waals surface area contributed by atoms with Gasteiger partial charge in [-0.2, -0.15) is 5.10 Å². The van der Waals surface area contributed by atoms with Gasteiger partial charge in [-0.15, -0.1) is 0 Å². The van der Waals surface area contributed by atoms with Crippen molar-refractivity contribution < 1.29 is 4.42 Å². The standard InChI is InChI=1S/C29H27N3O/c1-19-9-15-23-25(31-32-28-16-12-20-7-5-6-8-24(20)30-28)18-26(33-27(23)17-19)21-10-13-22(14-11-21)29(2,3)4/h5-18H,1-4H3,(H,30,32). The van der Waals surface area contributed by atoms with Crippen LogP contribution < -0.4 is 10.8 Å². The van der Waals surface area contributed by atoms with Crippen molar-refractivity contribution in [3.63, 3.8) is 0 Å². The summed E-state index contributed by atoms with van der Waals surface area (Å²) in [6.45, 7) is 8.71. The predicted octanol–water partition coefficient (Wildman–Crippen LogP) is 7.18. The number of nitrogens with one attached hydrogen (secondary N) is 1. The Morgan fingerprint density at radius 1 is 0.848 bits per heavy atom. The maximum absolute atomic E-state index is 6.30. The molecule has 33 heavy (non-hydrogen) atoms. The molecule has 0 saturated heterocycles. The third kappa shape index (κ3) is 4.37. The lowest BCUT2D eigenvalue weighted by molar-refractivity contribution is 0.589. The number of aromatic nitrogens is 1. The molecule has 2 heterocycles. The molecule has 1 N–H and O–H groups in total. The van der Waals surface area contributed by atoms with Gasteiger partial charge in [-0.3, -0.25) is 5.43 Å². The van der Waals surface area contributed by atoms with E-state index in [1.54, 1.807) is 0 Å². The number of para-hydroxylation sites is 1. The van der Waals surface area contributed by atoms with E-state index in [-0.39, 0.29) is 5.41 Å². The molecule has 0 amide bonds. The van der Waals surface area contributed by atoms with Crippen LogP contribution in [-0.4, -0.2) is 4.98 Å². The van der Waals surface area contributed by atoms with Gasteiger partial charge >= 0.3 is 0 Å². The normalized spacial score (nSPS) is 12.4. The van der Waals surface area contributed by atoms with Gasteiger partial charge < -0.3 is 4.42 Å². The van der Waals surface area contributed by atoms with E-state index in [4.69, 9.17) is 9.52 Å². The van der Waals surface area contributed by atoms with Gasteiger partial charge in [0.2, 0.25) is 0 Å². The molecule has 2 aromatic heterocycles. The Hall–Kier alpha value is -3.92. The van der Waals surface area contributed by atoms with Gasteiger partial charge in [-0.05, 0) is 53.8 Å². The number of fused-ring (bicyclic) bond motifs is 2. The highest BCUT2D eigenvalue weighted by Crippen LogP contribution is 2.27. The van der Waals surface area contributed by atoms with Crippen molar-refractivity contribution in [1.82, 2.24) is 4.98 Å². The summed E-state index contributed by atoms with van der Waals surface area (Å²) in [6.07, 6.45) is 0. The van der Waals surface area contributed by atoms with Crippen LogP contribution in [0.4, 0.5) is 5.82 Å². The fraction of sp³-hybridized carbons (Fsp3) is 0.172. The van der Waals surface area contributed by atoms with E-state index >= 15 is 0 Å². The Kier molecular flexibility index (Phi) is 5.21. The molecule has 0 spiro atoms. The second kappa shape index (κ2) is 8.21. The van der Waals surface area contributed by atoms with E-state index in [9.17, 15) is 0 Å². The van der Waals surface area contributed by atoms with Crippen LogP contribution in [0.25, 0.3) is 33.2 Å². The molecule has 5 rings (SSSR count). The molecule has 3 aromatic carbocycles. The predicted molar refractivity (Wildman–Crippen MR) is 136 cm³/mol. The molecule has 0 aliphatic carbocycles. The summed E-state index contributed by atoms with van der Waals surface area (Å²) in [4.78, 5) is 4.67. The lowest BCUT2D eigenvalue weighted by atomic mass is 9.86. The molecule has 0 bridgehead atoms. The monoisotopic (exact) mass is 433 g/mol. The Labute approximate surface area is 193 Å². The number of rotatable bonds is 3. The van der Waals surface area contributed by atoms with Crippen LogP contribution in [-0.2, 0) is 5.41 Å². The molecular weight excluding hydrogens is 406 g/mol. The van der Waals surface area contributed by atoms with Gasteiger partial charge in [-0.1, -0.05) is 69.3 Å². The smallest absolute Gasteiger partial charge is 0.146 e. The van der Waals surface area contributed by atoms with Crippen LogP contribution in [0.5, 0.6) is 0 Å². The minimum atomic E-state index is 0.105. The largest absolute Gasteiger partial charge is 0.456 e. The second-order valence-corrected chi connectivity index (χ2v) is 9.44. The number of aryl methyl sites for hydroxylation is 1. The zero-order valence-electron chi connectivity index (χ0n) is 19.4. The average Bonchev–Trinajstić information content (AvgIpc) is 2.81. The number of nitrogens with zero attached hydrogens (tertiary/aromatic N) is 2. The van der Waals surface area contributed by atoms with Crippen molar-refractivity contribution in [2.75, 3.05) is 5.43 Å². The Morgan fingerprint density at radius 2 is 1.64 bits per heavy atom. The molecule has 0 radical (unpaired) electrons. The van der Waals surface area contributed by atoms with Crippen LogP contribution in [0.2, 0.25) is 0 Å². The Bertz CT molecular complexity index is 1520. The summed E-state index contributed by atoms with van der Waals surface area (Å²) in [6, 6.07) is 28.8. The summed E-state index contributed by atoms with van der Waals surface area (Å²) in [7, 11) is 0. The number of pyridine rings is 1. The first-order valence-corrected chi connectivity index (χ1v) is 11.2. The van der Waals surface area contributed by atoms with Crippen molar-refractivity contribution in [3.05, 3.63) is 101 Å². The summed E-state index contributed by atoms with van der Waals surface area (Å²) >= 11 is 0. The molecule has 0 aliphatic rings. The van der Waals surface area contributed by atoms with E-state index in [1.807, 2.05) is 36.4 Å². The number of benzene rings is 3. The lowest BCUT2D eigenvalue weighted by Gasteiger charge is -2.19. The summed E-state index contributed by atoms with van der Waals surface area (Å²) in [5.74, 6) is 1.48. The molecule has 0 atom stereocenters. The lowest BCUT2D eigenvalue weighted by Crippen LogP contribution is -2.10. The SMILES string of the molecule is Cc1ccc2c(=NNc3ccc4ccccc4n3)cc(-c3ccc(C(C)(C)C)cc3)oc2c1. The second-order valence-electron chi connectivity index (χ2n) is 9.44. The fourth-order valence-electron chi connectivity index (χ4n) is 3.89. The zero-order valence-corrected chi connectivity index (χ0v) is 19.4. The van der Waals surface area contributed by atoms with Crippen molar-refractivity contribution in [2.45, 2.75) is 33.1 Å². The first-order valence-electron chi connectivity index (χ1n) is 11.2. The van der Waals surface area contributed by atoms with Crippen LogP contribution in [0.1, 0.15) is 31.9 Å². The highest BCUT2D eigenvalue weighted by Gasteiger charge is 2.14. The van der Waals surface area contributed by atoms with E-state index in [2.05, 4.69) is 86.6 Å². The summed E-state index contributed by atoms with van der Waals surface area (Å²) < 4.78 is 6.30. The minimum Gasteiger partial charge on any atom is -0.456 e. The molecule has 5 aromatic rings. The fourth-order valence-corrected chi connectivity index (χ4v) is 3.89. The molecule has 0 saturated carbocycles. The van der Waals surface area contributed by atoms with Gasteiger partial charge in [0.25, 0.3) is 0 Å². The van der Waals surface area contributed by atoms with Crippen molar-refractivity contribution in [1.29, 1.82) is 0 Å². The highest BCUT2D eigenvalue weighted by atomic mass is 16.3. The van der Waals surface area contributed by atoms with Gasteiger partial charge in [0, 0.05) is 22.4 Å². The van der Waals surface area contributed by atoms with Crippen LogP contribution in [0, 0.1) is 6.92 Å². The van der Waals surface area contributed by atoms with E-state index < -0.39 is 0 Å². The Morgan fingerprint density at radius 3 is 2.42 bits per heavy atom. The van der Waals surface area contributed by atoms with Gasteiger partial charge in [0.1, 0.15) is 17.2 Å². The summed E-state index contributed by atoms with van der Waals surface area (Å²) in [5, 5.41) is 7.57. The number of hydrogen-bond donors (Lipinski definition) is 1. The quantitative estimate of drug-likeness (QED) is 0.307. The first-order chi connectivity index (χ1) is 15.9.